The van der Waals surface area contributed by atoms with Gasteiger partial charge in [-0.3, -0.25) is 0 Å². The number of pyridine rings is 1. The van der Waals surface area contributed by atoms with E-state index in [0.29, 0.717) is 5.95 Å². The fourth-order valence-corrected chi connectivity index (χ4v) is 1.95. The van der Waals surface area contributed by atoms with Crippen LogP contribution in [0.2, 0.25) is 0 Å². The second kappa shape index (κ2) is 6.35. The zero-order valence-corrected chi connectivity index (χ0v) is 11.1. The maximum Gasteiger partial charge on any atom is 0.243 e. The van der Waals surface area contributed by atoms with Gasteiger partial charge in [0.05, 0.1) is 0 Å². The molecule has 2 aromatic heterocycles. The van der Waals surface area contributed by atoms with Gasteiger partial charge in [0.15, 0.2) is 5.65 Å². The Bertz CT molecular complexity index is 442. The Balaban J connectivity index is 1.80. The van der Waals surface area contributed by atoms with E-state index in [9.17, 15) is 0 Å². The van der Waals surface area contributed by atoms with Crippen molar-refractivity contribution in [2.24, 2.45) is 0 Å². The van der Waals surface area contributed by atoms with Gasteiger partial charge < -0.3 is 10.2 Å². The van der Waals surface area contributed by atoms with Gasteiger partial charge in [-0.15, -0.1) is 5.10 Å². The third-order valence-corrected chi connectivity index (χ3v) is 3.07. The Morgan fingerprint density at radius 2 is 2.11 bits per heavy atom. The predicted molar refractivity (Wildman–Crippen MR) is 73.9 cm³/mol. The summed E-state index contributed by atoms with van der Waals surface area (Å²) in [5, 5.41) is 7.62. The average molecular weight is 247 g/mol. The molecule has 0 aliphatic carbocycles. The van der Waals surface area contributed by atoms with Crippen LogP contribution in [-0.4, -0.2) is 45.7 Å². The Kier molecular flexibility index (Phi) is 4.52. The van der Waals surface area contributed by atoms with Gasteiger partial charge in [-0.2, -0.15) is 4.98 Å². The van der Waals surface area contributed by atoms with Gasteiger partial charge in [0, 0.05) is 12.7 Å². The molecule has 0 aliphatic rings. The normalized spacial score (nSPS) is 11.3. The first-order valence-corrected chi connectivity index (χ1v) is 6.61. The van der Waals surface area contributed by atoms with Gasteiger partial charge in [0.25, 0.3) is 0 Å². The maximum absolute atomic E-state index is 4.40. The molecular formula is C13H21N5. The summed E-state index contributed by atoms with van der Waals surface area (Å²) in [6.07, 6.45) is 3.01. The van der Waals surface area contributed by atoms with Crippen molar-refractivity contribution in [3.05, 3.63) is 24.4 Å². The summed E-state index contributed by atoms with van der Waals surface area (Å²) in [6.45, 7) is 8.65. The minimum absolute atomic E-state index is 0.709. The van der Waals surface area contributed by atoms with Gasteiger partial charge in [0.2, 0.25) is 5.95 Å². The largest absolute Gasteiger partial charge is 0.353 e. The third-order valence-electron chi connectivity index (χ3n) is 3.07. The monoisotopic (exact) mass is 247 g/mol. The zero-order valence-electron chi connectivity index (χ0n) is 11.1. The van der Waals surface area contributed by atoms with E-state index >= 15 is 0 Å². The van der Waals surface area contributed by atoms with Crippen LogP contribution in [-0.2, 0) is 0 Å². The lowest BCUT2D eigenvalue weighted by molar-refractivity contribution is 0.303. The second-order valence-electron chi connectivity index (χ2n) is 4.25. The zero-order chi connectivity index (χ0) is 12.8. The molecule has 5 nitrogen and oxygen atoms in total. The van der Waals surface area contributed by atoms with E-state index in [4.69, 9.17) is 0 Å². The summed E-state index contributed by atoms with van der Waals surface area (Å²) >= 11 is 0. The van der Waals surface area contributed by atoms with Gasteiger partial charge in [-0.25, -0.2) is 4.52 Å². The van der Waals surface area contributed by atoms with Crippen molar-refractivity contribution < 1.29 is 0 Å². The number of rotatable bonds is 7. The highest BCUT2D eigenvalue weighted by Crippen LogP contribution is 2.04. The highest BCUT2D eigenvalue weighted by atomic mass is 15.3. The number of nitrogens with zero attached hydrogens (tertiary/aromatic N) is 4. The molecule has 0 atom stereocenters. The Hall–Kier alpha value is -1.62. The topological polar surface area (TPSA) is 45.5 Å². The van der Waals surface area contributed by atoms with Crippen LogP contribution in [0.1, 0.15) is 20.3 Å². The molecule has 18 heavy (non-hydrogen) atoms. The fourth-order valence-electron chi connectivity index (χ4n) is 1.95. The summed E-state index contributed by atoms with van der Waals surface area (Å²) in [4.78, 5) is 6.81. The van der Waals surface area contributed by atoms with Crippen LogP contribution in [0, 0.1) is 0 Å². The lowest BCUT2D eigenvalue weighted by Crippen LogP contribution is -2.25. The van der Waals surface area contributed by atoms with Crippen LogP contribution in [0.4, 0.5) is 5.95 Å². The molecule has 2 heterocycles. The molecule has 0 spiro atoms. The van der Waals surface area contributed by atoms with Crippen molar-refractivity contribution in [2.45, 2.75) is 20.3 Å². The maximum atomic E-state index is 4.40. The van der Waals surface area contributed by atoms with Crippen LogP contribution in [0.25, 0.3) is 5.65 Å². The Morgan fingerprint density at radius 3 is 2.83 bits per heavy atom. The minimum atomic E-state index is 0.709. The van der Waals surface area contributed by atoms with Crippen LogP contribution in [0.15, 0.2) is 24.4 Å². The van der Waals surface area contributed by atoms with Gasteiger partial charge in [-0.1, -0.05) is 19.9 Å². The van der Waals surface area contributed by atoms with E-state index in [1.54, 1.807) is 4.52 Å². The molecule has 1 N–H and O–H groups in total. The van der Waals surface area contributed by atoms with Gasteiger partial charge in [-0.05, 0) is 38.2 Å². The summed E-state index contributed by atoms with van der Waals surface area (Å²) in [5.41, 5.74) is 0.878. The van der Waals surface area contributed by atoms with Crippen LogP contribution < -0.4 is 5.32 Å². The number of hydrogen-bond acceptors (Lipinski definition) is 4. The summed E-state index contributed by atoms with van der Waals surface area (Å²) in [7, 11) is 0. The first kappa shape index (κ1) is 12.8. The number of fused-ring (bicyclic) bond motifs is 1. The van der Waals surface area contributed by atoms with E-state index in [-0.39, 0.29) is 0 Å². The minimum Gasteiger partial charge on any atom is -0.353 e. The molecule has 2 rings (SSSR count). The highest BCUT2D eigenvalue weighted by molar-refractivity contribution is 5.42. The molecule has 0 aliphatic heterocycles. The van der Waals surface area contributed by atoms with Crippen molar-refractivity contribution in [1.29, 1.82) is 0 Å². The molecule has 2 aromatic rings. The van der Waals surface area contributed by atoms with E-state index in [2.05, 4.69) is 34.1 Å². The molecule has 0 bridgehead atoms. The lowest BCUT2D eigenvalue weighted by Gasteiger charge is -2.17. The molecule has 0 amide bonds. The van der Waals surface area contributed by atoms with Crippen LogP contribution in [0.5, 0.6) is 0 Å². The number of hydrogen-bond donors (Lipinski definition) is 1. The quantitative estimate of drug-likeness (QED) is 0.759. The molecule has 0 unspecified atom stereocenters. The van der Waals surface area contributed by atoms with Gasteiger partial charge >= 0.3 is 0 Å². The molecule has 0 radical (unpaired) electrons. The Morgan fingerprint density at radius 1 is 1.28 bits per heavy atom. The van der Waals surface area contributed by atoms with Crippen molar-refractivity contribution in [1.82, 2.24) is 19.5 Å². The fraction of sp³-hybridized carbons (Fsp3) is 0.538. The van der Waals surface area contributed by atoms with Crippen molar-refractivity contribution in [3.63, 3.8) is 0 Å². The number of aromatic nitrogens is 3. The van der Waals surface area contributed by atoms with Crippen LogP contribution in [0.3, 0.4) is 0 Å². The molecule has 0 aromatic carbocycles. The summed E-state index contributed by atoms with van der Waals surface area (Å²) in [6, 6.07) is 5.87. The van der Waals surface area contributed by atoms with E-state index in [1.165, 1.54) is 0 Å². The SMILES string of the molecule is CCN(CC)CCCNc1nc2ccccn2n1. The highest BCUT2D eigenvalue weighted by Gasteiger charge is 2.02. The first-order valence-electron chi connectivity index (χ1n) is 6.61. The van der Waals surface area contributed by atoms with Gasteiger partial charge in [0.1, 0.15) is 0 Å². The molecule has 98 valence electrons. The summed E-state index contributed by atoms with van der Waals surface area (Å²) < 4.78 is 1.78. The standard InChI is InChI=1S/C13H21N5/c1-3-17(4-2)10-7-9-14-13-15-12-8-5-6-11-18(12)16-13/h5-6,8,11H,3-4,7,9-10H2,1-2H3,(H,14,16). The van der Waals surface area contributed by atoms with E-state index < -0.39 is 0 Å². The smallest absolute Gasteiger partial charge is 0.243 e. The molecule has 0 fully saturated rings. The van der Waals surface area contributed by atoms with Crippen molar-refractivity contribution in [3.8, 4) is 0 Å². The molecule has 5 heteroatoms. The summed E-state index contributed by atoms with van der Waals surface area (Å²) in [5.74, 6) is 0.709. The first-order chi connectivity index (χ1) is 8.83. The van der Waals surface area contributed by atoms with Crippen molar-refractivity contribution in [2.75, 3.05) is 31.5 Å². The predicted octanol–water partition coefficient (Wildman–Crippen LogP) is 1.87. The number of anilines is 1. The average Bonchev–Trinajstić information content (AvgIpc) is 2.81. The van der Waals surface area contributed by atoms with Crippen LogP contribution >= 0.6 is 0 Å². The molecule has 0 saturated carbocycles. The second-order valence-corrected chi connectivity index (χ2v) is 4.25. The van der Waals surface area contributed by atoms with Crippen molar-refractivity contribution >= 4 is 11.6 Å². The lowest BCUT2D eigenvalue weighted by atomic mass is 10.3. The number of nitrogens with one attached hydrogen (secondary N) is 1. The van der Waals surface area contributed by atoms with E-state index in [1.807, 2.05) is 24.4 Å². The molecular weight excluding hydrogens is 226 g/mol. The third kappa shape index (κ3) is 3.20. The molecule has 0 saturated heterocycles. The van der Waals surface area contributed by atoms with E-state index in [0.717, 1.165) is 38.2 Å². The Labute approximate surface area is 108 Å².